The highest BCUT2D eigenvalue weighted by Gasteiger charge is 2.40. The number of aliphatic carboxylic acids is 1. The van der Waals surface area contributed by atoms with Crippen molar-refractivity contribution in [2.75, 3.05) is 0 Å². The van der Waals surface area contributed by atoms with E-state index in [1.165, 1.54) is 19.3 Å². The minimum Gasteiger partial charge on any atom is -0.481 e. The van der Waals surface area contributed by atoms with E-state index in [1.807, 2.05) is 0 Å². The van der Waals surface area contributed by atoms with Crippen LogP contribution in [0.2, 0.25) is 0 Å². The Morgan fingerprint density at radius 3 is 2.09 bits per heavy atom. The van der Waals surface area contributed by atoms with Gasteiger partial charge in [0.15, 0.2) is 0 Å². The Bertz CT molecular complexity index is 366. The van der Waals surface area contributed by atoms with E-state index >= 15 is 0 Å². The van der Waals surface area contributed by atoms with Crippen LogP contribution in [0.5, 0.6) is 0 Å². The molecule has 0 unspecified atom stereocenters. The number of carbonyl (C=O) groups excluding carboxylic acids is 1. The second kappa shape index (κ2) is 10.8. The second-order valence-corrected chi connectivity index (χ2v) is 7.23. The van der Waals surface area contributed by atoms with Crippen molar-refractivity contribution in [2.45, 2.75) is 102 Å². The highest BCUT2D eigenvalue weighted by atomic mass is 16.4. The fraction of sp³-hybridized carbons (Fsp3) is 0.895. The number of Topliss-reactive ketones (excluding diaryl/α,β-unsaturated/α-hetero) is 1. The monoisotopic (exact) mass is 326 g/mol. The molecule has 1 aliphatic carbocycles. The van der Waals surface area contributed by atoms with Gasteiger partial charge in [-0.1, -0.05) is 57.8 Å². The third-order valence-electron chi connectivity index (χ3n) is 5.24. The van der Waals surface area contributed by atoms with Gasteiger partial charge in [-0.2, -0.15) is 0 Å². The lowest BCUT2D eigenvalue weighted by atomic mass is 9.71. The van der Waals surface area contributed by atoms with Crippen molar-refractivity contribution in [3.05, 3.63) is 0 Å². The molecule has 0 spiro atoms. The van der Waals surface area contributed by atoms with E-state index in [2.05, 4.69) is 0 Å². The van der Waals surface area contributed by atoms with Crippen molar-refractivity contribution in [3.8, 4) is 0 Å². The van der Waals surface area contributed by atoms with Gasteiger partial charge in [-0.15, -0.1) is 0 Å². The number of hydrogen-bond donors (Lipinski definition) is 2. The molecule has 0 heterocycles. The summed E-state index contributed by atoms with van der Waals surface area (Å²) in [5.41, 5.74) is -0.749. The summed E-state index contributed by atoms with van der Waals surface area (Å²) in [4.78, 5) is 22.1. The summed E-state index contributed by atoms with van der Waals surface area (Å²) in [6.45, 7) is 1.62. The molecule has 1 rings (SSSR count). The fourth-order valence-corrected chi connectivity index (χ4v) is 3.87. The van der Waals surface area contributed by atoms with E-state index in [-0.39, 0.29) is 18.1 Å². The molecule has 1 saturated carbocycles. The number of aliphatic hydroxyl groups is 1. The van der Waals surface area contributed by atoms with Gasteiger partial charge in [0.2, 0.25) is 0 Å². The first-order chi connectivity index (χ1) is 11.0. The lowest BCUT2D eigenvalue weighted by Gasteiger charge is -2.39. The Hall–Kier alpha value is -0.900. The summed E-state index contributed by atoms with van der Waals surface area (Å²) in [6, 6.07) is 0. The van der Waals surface area contributed by atoms with Crippen molar-refractivity contribution in [1.29, 1.82) is 0 Å². The van der Waals surface area contributed by atoms with E-state index in [0.29, 0.717) is 0 Å². The number of hydrogen-bond acceptors (Lipinski definition) is 3. The SMILES string of the molecule is CC(=O)[C@@H]1CCCC[C@@]1(O)CCCCCCCCCCC(=O)O. The number of carbonyl (C=O) groups is 2. The second-order valence-electron chi connectivity index (χ2n) is 7.23. The summed E-state index contributed by atoms with van der Waals surface area (Å²) in [6.07, 6.45) is 13.3. The molecule has 0 aliphatic heterocycles. The minimum atomic E-state index is -0.749. The van der Waals surface area contributed by atoms with Crippen LogP contribution in [0.4, 0.5) is 0 Å². The Labute approximate surface area is 140 Å². The molecule has 4 heteroatoms. The minimum absolute atomic E-state index is 0.147. The first kappa shape index (κ1) is 20.1. The fourth-order valence-electron chi connectivity index (χ4n) is 3.87. The summed E-state index contributed by atoms with van der Waals surface area (Å²) in [7, 11) is 0. The first-order valence-electron chi connectivity index (χ1n) is 9.40. The molecule has 0 amide bonds. The van der Waals surface area contributed by atoms with E-state index in [0.717, 1.165) is 64.2 Å². The molecule has 0 radical (unpaired) electrons. The van der Waals surface area contributed by atoms with Crippen LogP contribution in [-0.2, 0) is 9.59 Å². The molecule has 0 aromatic carbocycles. The largest absolute Gasteiger partial charge is 0.481 e. The molecule has 0 bridgehead atoms. The van der Waals surface area contributed by atoms with Gasteiger partial charge < -0.3 is 10.2 Å². The smallest absolute Gasteiger partial charge is 0.303 e. The summed E-state index contributed by atoms with van der Waals surface area (Å²) in [5.74, 6) is -0.700. The Balaban J connectivity index is 2.05. The zero-order chi connectivity index (χ0) is 17.1. The Morgan fingerprint density at radius 1 is 0.957 bits per heavy atom. The van der Waals surface area contributed by atoms with Gasteiger partial charge in [-0.05, 0) is 32.6 Å². The van der Waals surface area contributed by atoms with Crippen LogP contribution in [0.1, 0.15) is 96.8 Å². The summed E-state index contributed by atoms with van der Waals surface area (Å²) < 4.78 is 0. The Kier molecular flexibility index (Phi) is 9.46. The highest BCUT2D eigenvalue weighted by molar-refractivity contribution is 5.79. The first-order valence-corrected chi connectivity index (χ1v) is 9.40. The van der Waals surface area contributed by atoms with Gasteiger partial charge in [0.25, 0.3) is 0 Å². The zero-order valence-electron chi connectivity index (χ0n) is 14.7. The molecule has 0 aromatic heterocycles. The molecule has 0 saturated heterocycles. The van der Waals surface area contributed by atoms with Gasteiger partial charge in [-0.3, -0.25) is 9.59 Å². The number of rotatable bonds is 12. The van der Waals surface area contributed by atoms with Crippen molar-refractivity contribution < 1.29 is 19.8 Å². The standard InChI is InChI=1S/C19H34O4/c1-16(20)17-12-9-11-15-19(17,23)14-10-7-5-3-2-4-6-8-13-18(21)22/h17,23H,2-15H2,1H3,(H,21,22)/t17-,19-/m0/s1. The average molecular weight is 326 g/mol. The van der Waals surface area contributed by atoms with Gasteiger partial charge in [0.05, 0.1) is 5.60 Å². The maximum atomic E-state index is 11.7. The molecule has 134 valence electrons. The lowest BCUT2D eigenvalue weighted by molar-refractivity contribution is -0.137. The maximum absolute atomic E-state index is 11.7. The summed E-state index contributed by atoms with van der Waals surface area (Å²) in [5, 5.41) is 19.3. The van der Waals surface area contributed by atoms with Crippen LogP contribution >= 0.6 is 0 Å². The van der Waals surface area contributed by atoms with E-state index in [1.54, 1.807) is 6.92 Å². The highest BCUT2D eigenvalue weighted by Crippen LogP contribution is 2.38. The van der Waals surface area contributed by atoms with Crippen molar-refractivity contribution in [1.82, 2.24) is 0 Å². The average Bonchev–Trinajstić information content (AvgIpc) is 2.49. The quantitative estimate of drug-likeness (QED) is 0.518. The van der Waals surface area contributed by atoms with Crippen LogP contribution in [0, 0.1) is 5.92 Å². The van der Waals surface area contributed by atoms with Crippen molar-refractivity contribution in [2.24, 2.45) is 5.92 Å². The lowest BCUT2D eigenvalue weighted by Crippen LogP contribution is -2.44. The molecule has 0 aromatic rings. The van der Waals surface area contributed by atoms with E-state index in [4.69, 9.17) is 5.11 Å². The van der Waals surface area contributed by atoms with Crippen LogP contribution in [0.25, 0.3) is 0 Å². The molecule has 1 aliphatic rings. The van der Waals surface area contributed by atoms with E-state index < -0.39 is 11.6 Å². The zero-order valence-corrected chi connectivity index (χ0v) is 14.7. The number of carboxylic acids is 1. The van der Waals surface area contributed by atoms with E-state index in [9.17, 15) is 14.7 Å². The molecule has 1 fully saturated rings. The van der Waals surface area contributed by atoms with Crippen molar-refractivity contribution in [3.63, 3.8) is 0 Å². The third kappa shape index (κ3) is 7.96. The van der Waals surface area contributed by atoms with Gasteiger partial charge >= 0.3 is 5.97 Å². The topological polar surface area (TPSA) is 74.6 Å². The predicted molar refractivity (Wildman–Crippen MR) is 91.4 cm³/mol. The van der Waals surface area contributed by atoms with Crippen molar-refractivity contribution >= 4 is 11.8 Å². The number of carboxylic acid groups (broad SMARTS) is 1. The van der Waals surface area contributed by atoms with Crippen LogP contribution in [0.3, 0.4) is 0 Å². The Morgan fingerprint density at radius 2 is 1.52 bits per heavy atom. The number of unbranched alkanes of at least 4 members (excludes halogenated alkanes) is 7. The van der Waals surface area contributed by atoms with Gasteiger partial charge in [0, 0.05) is 12.3 Å². The normalized spacial score (nSPS) is 24.5. The van der Waals surface area contributed by atoms with Crippen LogP contribution in [0.15, 0.2) is 0 Å². The van der Waals surface area contributed by atoms with Gasteiger partial charge in [0.1, 0.15) is 5.78 Å². The number of ketones is 1. The molecule has 2 atom stereocenters. The van der Waals surface area contributed by atoms with Gasteiger partial charge in [-0.25, -0.2) is 0 Å². The molecule has 2 N–H and O–H groups in total. The predicted octanol–water partition coefficient (Wildman–Crippen LogP) is 4.48. The van der Waals surface area contributed by atoms with Crippen LogP contribution < -0.4 is 0 Å². The molecular weight excluding hydrogens is 292 g/mol. The van der Waals surface area contributed by atoms with Crippen LogP contribution in [-0.4, -0.2) is 27.6 Å². The molecular formula is C19H34O4. The molecule has 4 nitrogen and oxygen atoms in total. The third-order valence-corrected chi connectivity index (χ3v) is 5.24. The summed E-state index contributed by atoms with van der Waals surface area (Å²) >= 11 is 0. The molecule has 23 heavy (non-hydrogen) atoms. The maximum Gasteiger partial charge on any atom is 0.303 e.